The van der Waals surface area contributed by atoms with Crippen LogP contribution in [0.25, 0.3) is 0 Å². The van der Waals surface area contributed by atoms with E-state index in [4.69, 9.17) is 4.74 Å². The minimum absolute atomic E-state index is 0.514. The first kappa shape index (κ1) is 10.5. The highest BCUT2D eigenvalue weighted by atomic mass is 16.5. The van der Waals surface area contributed by atoms with Gasteiger partial charge in [0.2, 0.25) is 0 Å². The van der Waals surface area contributed by atoms with E-state index < -0.39 is 0 Å². The lowest BCUT2D eigenvalue weighted by atomic mass is 10.1. The molecular formula is C11H17N3O. The maximum atomic E-state index is 5.55. The van der Waals surface area contributed by atoms with Crippen LogP contribution in [0.4, 0.5) is 0 Å². The standard InChI is InChI=1S/C11H17N3O/c1-14-5-6-15-9-10(8-14)7-11-12-3-2-4-13-11/h2-4,10H,5-9H2,1H3/t10-/m1/s1. The van der Waals surface area contributed by atoms with Crippen LogP contribution in [0, 0.1) is 5.92 Å². The predicted molar refractivity (Wildman–Crippen MR) is 57.5 cm³/mol. The lowest BCUT2D eigenvalue weighted by molar-refractivity contribution is 0.122. The van der Waals surface area contributed by atoms with E-state index in [1.54, 1.807) is 12.4 Å². The highest BCUT2D eigenvalue weighted by molar-refractivity contribution is 4.91. The van der Waals surface area contributed by atoms with Crippen LogP contribution in [-0.2, 0) is 11.2 Å². The van der Waals surface area contributed by atoms with Gasteiger partial charge in [-0.25, -0.2) is 9.97 Å². The van der Waals surface area contributed by atoms with Crippen LogP contribution in [0.3, 0.4) is 0 Å². The summed E-state index contributed by atoms with van der Waals surface area (Å²) in [7, 11) is 2.13. The van der Waals surface area contributed by atoms with Crippen LogP contribution in [0.1, 0.15) is 5.82 Å². The average Bonchev–Trinajstić information content (AvgIpc) is 2.44. The van der Waals surface area contributed by atoms with Crippen molar-refractivity contribution in [3.63, 3.8) is 0 Å². The van der Waals surface area contributed by atoms with Crippen molar-refractivity contribution in [1.29, 1.82) is 0 Å². The van der Waals surface area contributed by atoms with Crippen molar-refractivity contribution in [1.82, 2.24) is 14.9 Å². The maximum absolute atomic E-state index is 5.55. The fraction of sp³-hybridized carbons (Fsp3) is 0.636. The number of nitrogens with zero attached hydrogens (tertiary/aromatic N) is 3. The molecule has 1 saturated heterocycles. The van der Waals surface area contributed by atoms with Crippen LogP contribution in [0.2, 0.25) is 0 Å². The van der Waals surface area contributed by atoms with E-state index in [0.29, 0.717) is 5.92 Å². The van der Waals surface area contributed by atoms with Gasteiger partial charge in [0, 0.05) is 37.8 Å². The summed E-state index contributed by atoms with van der Waals surface area (Å²) in [5, 5.41) is 0. The monoisotopic (exact) mass is 207 g/mol. The number of rotatable bonds is 2. The van der Waals surface area contributed by atoms with Gasteiger partial charge >= 0.3 is 0 Å². The second kappa shape index (κ2) is 5.19. The third-order valence-electron chi connectivity index (χ3n) is 2.63. The molecule has 0 radical (unpaired) electrons. The molecule has 0 unspecified atom stereocenters. The van der Waals surface area contributed by atoms with Crippen LogP contribution in [-0.4, -0.2) is 48.2 Å². The van der Waals surface area contributed by atoms with E-state index in [2.05, 4.69) is 21.9 Å². The van der Waals surface area contributed by atoms with Crippen molar-refractivity contribution in [3.8, 4) is 0 Å². The van der Waals surface area contributed by atoms with Crippen molar-refractivity contribution < 1.29 is 4.74 Å². The fourth-order valence-corrected chi connectivity index (χ4v) is 1.87. The molecule has 0 N–H and O–H groups in total. The molecule has 0 spiro atoms. The summed E-state index contributed by atoms with van der Waals surface area (Å²) < 4.78 is 5.55. The quantitative estimate of drug-likeness (QED) is 0.711. The largest absolute Gasteiger partial charge is 0.380 e. The van der Waals surface area contributed by atoms with Crippen molar-refractivity contribution in [2.24, 2.45) is 5.92 Å². The van der Waals surface area contributed by atoms with Gasteiger partial charge in [0.1, 0.15) is 5.82 Å². The Morgan fingerprint density at radius 3 is 3.07 bits per heavy atom. The molecule has 0 aromatic carbocycles. The smallest absolute Gasteiger partial charge is 0.128 e. The summed E-state index contributed by atoms with van der Waals surface area (Å²) in [5.74, 6) is 1.43. The fourth-order valence-electron chi connectivity index (χ4n) is 1.87. The van der Waals surface area contributed by atoms with Gasteiger partial charge < -0.3 is 9.64 Å². The summed E-state index contributed by atoms with van der Waals surface area (Å²) in [5.41, 5.74) is 0. The molecular weight excluding hydrogens is 190 g/mol. The Kier molecular flexibility index (Phi) is 3.64. The van der Waals surface area contributed by atoms with Gasteiger partial charge in [0.05, 0.1) is 13.2 Å². The zero-order valence-electron chi connectivity index (χ0n) is 9.09. The first-order chi connectivity index (χ1) is 7.34. The molecule has 2 heterocycles. The second-order valence-corrected chi connectivity index (χ2v) is 4.07. The minimum Gasteiger partial charge on any atom is -0.380 e. The van der Waals surface area contributed by atoms with Gasteiger partial charge in [0.15, 0.2) is 0 Å². The molecule has 4 heteroatoms. The van der Waals surface area contributed by atoms with Crippen LogP contribution < -0.4 is 0 Å². The lowest BCUT2D eigenvalue weighted by Crippen LogP contribution is -2.27. The lowest BCUT2D eigenvalue weighted by Gasteiger charge is -2.17. The Labute approximate surface area is 90.3 Å². The van der Waals surface area contributed by atoms with Gasteiger partial charge in [-0.2, -0.15) is 0 Å². The molecule has 0 amide bonds. The molecule has 0 saturated carbocycles. The molecule has 1 aliphatic rings. The van der Waals surface area contributed by atoms with Crippen molar-refractivity contribution in [2.45, 2.75) is 6.42 Å². The zero-order valence-corrected chi connectivity index (χ0v) is 9.09. The van der Waals surface area contributed by atoms with E-state index in [0.717, 1.165) is 38.5 Å². The molecule has 0 aliphatic carbocycles. The Balaban J connectivity index is 1.93. The van der Waals surface area contributed by atoms with E-state index in [-0.39, 0.29) is 0 Å². The predicted octanol–water partition coefficient (Wildman–Crippen LogP) is 0.597. The Hall–Kier alpha value is -1.00. The highest BCUT2D eigenvalue weighted by Gasteiger charge is 2.17. The van der Waals surface area contributed by atoms with Crippen molar-refractivity contribution in [2.75, 3.05) is 33.4 Å². The first-order valence-corrected chi connectivity index (χ1v) is 5.37. The normalized spacial score (nSPS) is 23.7. The van der Waals surface area contributed by atoms with Crippen LogP contribution >= 0.6 is 0 Å². The highest BCUT2D eigenvalue weighted by Crippen LogP contribution is 2.09. The molecule has 15 heavy (non-hydrogen) atoms. The van der Waals surface area contributed by atoms with E-state index in [9.17, 15) is 0 Å². The van der Waals surface area contributed by atoms with Gasteiger partial charge in [-0.05, 0) is 13.1 Å². The molecule has 1 aliphatic heterocycles. The summed E-state index contributed by atoms with van der Waals surface area (Å²) >= 11 is 0. The molecule has 0 bridgehead atoms. The van der Waals surface area contributed by atoms with Gasteiger partial charge in [-0.15, -0.1) is 0 Å². The topological polar surface area (TPSA) is 38.2 Å². The molecule has 1 aromatic heterocycles. The summed E-state index contributed by atoms with van der Waals surface area (Å²) in [6, 6.07) is 1.85. The second-order valence-electron chi connectivity index (χ2n) is 4.07. The molecule has 1 atom stereocenters. The van der Waals surface area contributed by atoms with Gasteiger partial charge in [-0.3, -0.25) is 0 Å². The maximum Gasteiger partial charge on any atom is 0.128 e. The number of hydrogen-bond acceptors (Lipinski definition) is 4. The third kappa shape index (κ3) is 3.25. The van der Waals surface area contributed by atoms with E-state index >= 15 is 0 Å². The van der Waals surface area contributed by atoms with Crippen LogP contribution in [0.5, 0.6) is 0 Å². The third-order valence-corrected chi connectivity index (χ3v) is 2.63. The zero-order chi connectivity index (χ0) is 10.5. The summed E-state index contributed by atoms with van der Waals surface area (Å²) in [6.45, 7) is 3.75. The first-order valence-electron chi connectivity index (χ1n) is 5.37. The van der Waals surface area contributed by atoms with Crippen molar-refractivity contribution in [3.05, 3.63) is 24.3 Å². The molecule has 2 rings (SSSR count). The number of ether oxygens (including phenoxy) is 1. The minimum atomic E-state index is 0.514. The molecule has 1 aromatic rings. The Bertz CT molecular complexity index is 291. The molecule has 4 nitrogen and oxygen atoms in total. The number of aromatic nitrogens is 2. The molecule has 82 valence electrons. The SMILES string of the molecule is CN1CCOC[C@H](Cc2ncccn2)C1. The number of likely N-dealkylation sites (N-methyl/N-ethyl adjacent to an activating group) is 1. The van der Waals surface area contributed by atoms with E-state index in [1.807, 2.05) is 6.07 Å². The molecule has 1 fully saturated rings. The van der Waals surface area contributed by atoms with Gasteiger partial charge in [0.25, 0.3) is 0 Å². The summed E-state index contributed by atoms with van der Waals surface area (Å²) in [6.07, 6.45) is 4.50. The Morgan fingerprint density at radius 2 is 2.27 bits per heavy atom. The summed E-state index contributed by atoms with van der Waals surface area (Å²) in [4.78, 5) is 10.8. The van der Waals surface area contributed by atoms with Gasteiger partial charge in [-0.1, -0.05) is 0 Å². The average molecular weight is 207 g/mol. The van der Waals surface area contributed by atoms with Crippen molar-refractivity contribution >= 4 is 0 Å². The Morgan fingerprint density at radius 1 is 1.47 bits per heavy atom. The van der Waals surface area contributed by atoms with Crippen LogP contribution in [0.15, 0.2) is 18.5 Å². The number of hydrogen-bond donors (Lipinski definition) is 0. The van der Waals surface area contributed by atoms with E-state index in [1.165, 1.54) is 0 Å².